The van der Waals surface area contributed by atoms with Crippen LogP contribution in [0.25, 0.3) is 0 Å². The molecule has 20 heavy (non-hydrogen) atoms. The minimum absolute atomic E-state index is 0.248. The first kappa shape index (κ1) is 15.8. The first-order valence-electron chi connectivity index (χ1n) is 5.60. The summed E-state index contributed by atoms with van der Waals surface area (Å²) < 4.78 is 28.0. The van der Waals surface area contributed by atoms with Crippen LogP contribution in [0.3, 0.4) is 0 Å². The van der Waals surface area contributed by atoms with Gasteiger partial charge >= 0.3 is 0 Å². The van der Waals surface area contributed by atoms with Gasteiger partial charge in [-0.25, -0.2) is 8.42 Å². The van der Waals surface area contributed by atoms with Crippen molar-refractivity contribution in [2.24, 2.45) is 5.73 Å². The van der Waals surface area contributed by atoms with Gasteiger partial charge in [-0.2, -0.15) is 0 Å². The summed E-state index contributed by atoms with van der Waals surface area (Å²) in [6.45, 7) is 2.17. The zero-order valence-corrected chi connectivity index (χ0v) is 14.5. The van der Waals surface area contributed by atoms with Crippen LogP contribution in [-0.2, 0) is 16.6 Å². The van der Waals surface area contributed by atoms with Crippen molar-refractivity contribution in [1.82, 2.24) is 0 Å². The van der Waals surface area contributed by atoms with Gasteiger partial charge < -0.3 is 5.73 Å². The van der Waals surface area contributed by atoms with Crippen molar-refractivity contribution in [2.45, 2.75) is 17.7 Å². The molecule has 2 rings (SSSR count). The summed E-state index contributed by atoms with van der Waals surface area (Å²) in [5, 5.41) is 0.525. The predicted molar refractivity (Wildman–Crippen MR) is 86.9 cm³/mol. The van der Waals surface area contributed by atoms with Crippen LogP contribution < -0.4 is 10.5 Å². The largest absolute Gasteiger partial charge is 0.326 e. The number of halogens is 2. The third-order valence-corrected chi connectivity index (χ3v) is 6.61. The Bertz CT molecular complexity index is 744. The molecular weight excluding hydrogens is 384 g/mol. The number of aryl methyl sites for hydroxylation is 1. The zero-order valence-electron chi connectivity index (χ0n) is 10.5. The van der Waals surface area contributed by atoms with E-state index >= 15 is 0 Å². The molecule has 0 saturated heterocycles. The molecule has 0 unspecified atom stereocenters. The fourth-order valence-electron chi connectivity index (χ4n) is 1.59. The number of hydrogen-bond donors (Lipinski definition) is 2. The molecule has 1 heterocycles. The van der Waals surface area contributed by atoms with Gasteiger partial charge in [0.2, 0.25) is 0 Å². The van der Waals surface area contributed by atoms with E-state index in [2.05, 4.69) is 20.7 Å². The summed E-state index contributed by atoms with van der Waals surface area (Å²) in [5.41, 5.74) is 6.90. The summed E-state index contributed by atoms with van der Waals surface area (Å²) in [7, 11) is -3.62. The lowest BCUT2D eigenvalue weighted by Gasteiger charge is -2.08. The minimum atomic E-state index is -3.62. The van der Waals surface area contributed by atoms with E-state index in [-0.39, 0.29) is 4.21 Å². The van der Waals surface area contributed by atoms with E-state index in [0.29, 0.717) is 21.7 Å². The molecule has 0 amide bonds. The molecule has 1 aromatic heterocycles. The molecule has 0 aliphatic heterocycles. The quantitative estimate of drug-likeness (QED) is 0.828. The maximum Gasteiger partial charge on any atom is 0.271 e. The van der Waals surface area contributed by atoms with Crippen LogP contribution >= 0.6 is 38.9 Å². The fourth-order valence-corrected chi connectivity index (χ4v) is 5.05. The van der Waals surface area contributed by atoms with E-state index in [4.69, 9.17) is 17.3 Å². The fraction of sp³-hybridized carbons (Fsp3) is 0.167. The Morgan fingerprint density at radius 1 is 1.40 bits per heavy atom. The molecule has 1 aromatic carbocycles. The number of hydrogen-bond acceptors (Lipinski definition) is 4. The molecule has 0 radical (unpaired) electrons. The lowest BCUT2D eigenvalue weighted by Crippen LogP contribution is -2.11. The molecule has 0 fully saturated rings. The lowest BCUT2D eigenvalue weighted by molar-refractivity contribution is 0.603. The first-order chi connectivity index (χ1) is 9.33. The molecular formula is C12H12BrClN2O2S2. The molecule has 108 valence electrons. The average molecular weight is 396 g/mol. The lowest BCUT2D eigenvalue weighted by atomic mass is 10.3. The predicted octanol–water partition coefficient (Wildman–Crippen LogP) is 3.73. The van der Waals surface area contributed by atoms with Gasteiger partial charge in [0.05, 0.1) is 5.69 Å². The number of benzene rings is 1. The zero-order chi connectivity index (χ0) is 14.9. The molecule has 0 saturated carbocycles. The van der Waals surface area contributed by atoms with Gasteiger partial charge in [0.15, 0.2) is 0 Å². The number of nitrogens with one attached hydrogen (secondary N) is 1. The highest BCUT2D eigenvalue weighted by atomic mass is 79.9. The Balaban J connectivity index is 2.35. The van der Waals surface area contributed by atoms with Crippen molar-refractivity contribution < 1.29 is 8.42 Å². The van der Waals surface area contributed by atoms with Crippen molar-refractivity contribution in [1.29, 1.82) is 0 Å². The van der Waals surface area contributed by atoms with E-state index in [9.17, 15) is 8.42 Å². The van der Waals surface area contributed by atoms with E-state index < -0.39 is 10.0 Å². The second-order valence-electron chi connectivity index (χ2n) is 4.11. The van der Waals surface area contributed by atoms with Crippen molar-refractivity contribution >= 4 is 54.6 Å². The van der Waals surface area contributed by atoms with Crippen LogP contribution in [0.1, 0.15) is 10.4 Å². The summed E-state index contributed by atoms with van der Waals surface area (Å²) in [5.74, 6) is 0. The average Bonchev–Trinajstić information content (AvgIpc) is 2.75. The Hall–Kier alpha value is -0.600. The second kappa shape index (κ2) is 6.03. The molecule has 2 aromatic rings. The van der Waals surface area contributed by atoms with Crippen LogP contribution in [0.2, 0.25) is 5.02 Å². The molecule has 0 atom stereocenters. The third kappa shape index (κ3) is 3.35. The summed E-state index contributed by atoms with van der Waals surface area (Å²) in [6.07, 6.45) is 0. The number of anilines is 1. The molecule has 3 N–H and O–H groups in total. The van der Waals surface area contributed by atoms with E-state index in [1.807, 2.05) is 6.92 Å². The first-order valence-corrected chi connectivity index (χ1v) is 9.08. The molecule has 0 aliphatic carbocycles. The minimum Gasteiger partial charge on any atom is -0.326 e. The molecule has 0 aliphatic rings. The van der Waals surface area contributed by atoms with Crippen molar-refractivity contribution in [2.75, 3.05) is 4.72 Å². The number of rotatable bonds is 4. The summed E-state index contributed by atoms with van der Waals surface area (Å²) >= 11 is 10.3. The normalized spacial score (nSPS) is 11.6. The maximum absolute atomic E-state index is 12.3. The highest BCUT2D eigenvalue weighted by Gasteiger charge is 2.19. The summed E-state index contributed by atoms with van der Waals surface area (Å²) in [4.78, 5) is 0.862. The van der Waals surface area contributed by atoms with Crippen molar-refractivity contribution in [3.8, 4) is 0 Å². The summed E-state index contributed by atoms with van der Waals surface area (Å²) in [6, 6.07) is 6.48. The van der Waals surface area contributed by atoms with Gasteiger partial charge in [-0.3, -0.25) is 4.72 Å². The highest BCUT2D eigenvalue weighted by Crippen LogP contribution is 2.31. The van der Waals surface area contributed by atoms with E-state index in [0.717, 1.165) is 10.4 Å². The number of nitrogens with two attached hydrogens (primary N) is 1. The van der Waals surface area contributed by atoms with Crippen LogP contribution in [0.4, 0.5) is 5.69 Å². The maximum atomic E-state index is 12.3. The van der Waals surface area contributed by atoms with Gasteiger partial charge in [-0.15, -0.1) is 11.3 Å². The van der Waals surface area contributed by atoms with Crippen LogP contribution in [0.15, 0.2) is 32.9 Å². The van der Waals surface area contributed by atoms with Crippen LogP contribution in [-0.4, -0.2) is 8.42 Å². The molecule has 0 bridgehead atoms. The van der Waals surface area contributed by atoms with Gasteiger partial charge in [-0.05, 0) is 52.7 Å². The van der Waals surface area contributed by atoms with Gasteiger partial charge in [0, 0.05) is 20.9 Å². The van der Waals surface area contributed by atoms with Crippen molar-refractivity contribution in [3.63, 3.8) is 0 Å². The molecule has 8 heteroatoms. The van der Waals surface area contributed by atoms with Gasteiger partial charge in [-0.1, -0.05) is 11.6 Å². The Labute approximate surface area is 135 Å². The SMILES string of the molecule is Cc1cc(S(=O)(=O)Nc2ccc(Cl)cc2Br)sc1CN. The van der Waals surface area contributed by atoms with Crippen LogP contribution in [0.5, 0.6) is 0 Å². The second-order valence-corrected chi connectivity index (χ2v) is 8.44. The third-order valence-electron chi connectivity index (χ3n) is 2.62. The highest BCUT2D eigenvalue weighted by molar-refractivity contribution is 9.10. The Morgan fingerprint density at radius 3 is 2.65 bits per heavy atom. The molecule has 4 nitrogen and oxygen atoms in total. The number of sulfonamides is 1. The van der Waals surface area contributed by atoms with Crippen molar-refractivity contribution in [3.05, 3.63) is 44.2 Å². The smallest absolute Gasteiger partial charge is 0.271 e. The monoisotopic (exact) mass is 394 g/mol. The van der Waals surface area contributed by atoms with E-state index in [1.165, 1.54) is 11.3 Å². The van der Waals surface area contributed by atoms with Gasteiger partial charge in [0.25, 0.3) is 10.0 Å². The topological polar surface area (TPSA) is 72.2 Å². The van der Waals surface area contributed by atoms with Crippen LogP contribution in [0, 0.1) is 6.92 Å². The van der Waals surface area contributed by atoms with Gasteiger partial charge in [0.1, 0.15) is 4.21 Å². The van der Waals surface area contributed by atoms with E-state index in [1.54, 1.807) is 24.3 Å². The standard InChI is InChI=1S/C12H12BrClN2O2S2/c1-7-4-12(19-11(7)6-15)20(17,18)16-10-3-2-8(14)5-9(10)13/h2-5,16H,6,15H2,1H3. The Kier molecular flexibility index (Phi) is 4.76. The number of thiophene rings is 1. The molecule has 0 spiro atoms. The Morgan fingerprint density at radius 2 is 2.10 bits per heavy atom.